The van der Waals surface area contributed by atoms with Gasteiger partial charge < -0.3 is 15.3 Å². The molecule has 2 aliphatic carbocycles. The molecule has 0 heterocycles. The Balaban J connectivity index is 1.85. The van der Waals surface area contributed by atoms with Crippen molar-refractivity contribution >= 4 is 34.5 Å². The first kappa shape index (κ1) is 18.0. The van der Waals surface area contributed by atoms with E-state index in [0.29, 0.717) is 34.0 Å². The Morgan fingerprint density at radius 1 is 1.11 bits per heavy atom. The number of hydrogen-bond donors (Lipinski definition) is 2. The van der Waals surface area contributed by atoms with E-state index < -0.39 is 6.10 Å². The van der Waals surface area contributed by atoms with Crippen LogP contribution in [0.4, 0.5) is 11.4 Å². The Kier molecular flexibility index (Phi) is 4.66. The fraction of sp³-hybridized carbons (Fsp3) is 0.333. The van der Waals surface area contributed by atoms with Crippen LogP contribution in [0, 0.1) is 0 Å². The van der Waals surface area contributed by atoms with Gasteiger partial charge in [-0.05, 0) is 25.0 Å². The standard InChI is InChI=1S/C21H21ClN2O3/c1-24(12-6-7-12)17-9-8-16(23-11-13(25)10-22)18-19(17)21(27)15-5-3-2-4-14(15)20(18)26/h2-5,8-9,12-13,23,25H,6-7,10-11H2,1H3/t13-/m1/s1. The number of hydrogen-bond acceptors (Lipinski definition) is 5. The van der Waals surface area contributed by atoms with Gasteiger partial charge in [-0.2, -0.15) is 0 Å². The lowest BCUT2D eigenvalue weighted by Crippen LogP contribution is -2.29. The zero-order chi connectivity index (χ0) is 19.1. The number of aliphatic hydroxyl groups is 1. The summed E-state index contributed by atoms with van der Waals surface area (Å²) in [5.41, 5.74) is 3.02. The summed E-state index contributed by atoms with van der Waals surface area (Å²) in [4.78, 5) is 28.6. The highest BCUT2D eigenvalue weighted by Crippen LogP contribution is 2.40. The molecule has 0 aromatic heterocycles. The molecular weight excluding hydrogens is 364 g/mol. The average molecular weight is 385 g/mol. The number of ketones is 2. The van der Waals surface area contributed by atoms with Gasteiger partial charge in [0.2, 0.25) is 0 Å². The summed E-state index contributed by atoms with van der Waals surface area (Å²) >= 11 is 5.67. The second kappa shape index (κ2) is 6.98. The maximum Gasteiger partial charge on any atom is 0.196 e. The van der Waals surface area contributed by atoms with Gasteiger partial charge in [-0.3, -0.25) is 9.59 Å². The third-order valence-electron chi connectivity index (χ3n) is 5.23. The van der Waals surface area contributed by atoms with Crippen LogP contribution in [0.3, 0.4) is 0 Å². The number of carbonyl (C=O) groups is 2. The fourth-order valence-electron chi connectivity index (χ4n) is 3.59. The van der Waals surface area contributed by atoms with Gasteiger partial charge in [-0.15, -0.1) is 11.6 Å². The number of halogens is 1. The maximum atomic E-state index is 13.3. The van der Waals surface area contributed by atoms with Gasteiger partial charge in [0, 0.05) is 42.1 Å². The molecule has 1 fully saturated rings. The number of anilines is 2. The Morgan fingerprint density at radius 2 is 1.74 bits per heavy atom. The summed E-state index contributed by atoms with van der Waals surface area (Å²) < 4.78 is 0. The van der Waals surface area contributed by atoms with Crippen LogP contribution in [0.15, 0.2) is 36.4 Å². The summed E-state index contributed by atoms with van der Waals surface area (Å²) in [7, 11) is 1.97. The van der Waals surface area contributed by atoms with Gasteiger partial charge in [0.15, 0.2) is 11.6 Å². The number of alkyl halides is 1. The van der Waals surface area contributed by atoms with E-state index in [1.165, 1.54) is 0 Å². The van der Waals surface area contributed by atoms with Crippen LogP contribution in [-0.4, -0.2) is 48.3 Å². The Hall–Kier alpha value is -2.37. The molecule has 0 bridgehead atoms. The minimum Gasteiger partial charge on any atom is -0.390 e. The predicted octanol–water partition coefficient (Wildman–Crippen LogP) is 3.07. The molecule has 0 spiro atoms. The molecule has 1 atom stereocenters. The number of rotatable bonds is 6. The number of nitrogens with one attached hydrogen (secondary N) is 1. The van der Waals surface area contributed by atoms with Gasteiger partial charge in [-0.25, -0.2) is 0 Å². The molecule has 0 unspecified atom stereocenters. The molecule has 0 aliphatic heterocycles. The first-order valence-electron chi connectivity index (χ1n) is 9.09. The molecule has 1 saturated carbocycles. The van der Waals surface area contributed by atoms with E-state index in [4.69, 9.17) is 11.6 Å². The Morgan fingerprint density at radius 3 is 2.33 bits per heavy atom. The lowest BCUT2D eigenvalue weighted by Gasteiger charge is -2.28. The fourth-order valence-corrected chi connectivity index (χ4v) is 3.70. The second-order valence-corrected chi connectivity index (χ2v) is 7.43. The average Bonchev–Trinajstić information content (AvgIpc) is 3.54. The minimum atomic E-state index is -0.738. The van der Waals surface area contributed by atoms with E-state index in [0.717, 1.165) is 18.5 Å². The largest absolute Gasteiger partial charge is 0.390 e. The van der Waals surface area contributed by atoms with Crippen LogP contribution < -0.4 is 10.2 Å². The van der Waals surface area contributed by atoms with Crippen molar-refractivity contribution in [3.05, 3.63) is 58.7 Å². The predicted molar refractivity (Wildman–Crippen MR) is 106 cm³/mol. The van der Waals surface area contributed by atoms with Crippen molar-refractivity contribution in [2.45, 2.75) is 25.0 Å². The molecule has 0 radical (unpaired) electrons. The highest BCUT2D eigenvalue weighted by atomic mass is 35.5. The second-order valence-electron chi connectivity index (χ2n) is 7.12. The molecule has 2 aliphatic rings. The van der Waals surface area contributed by atoms with Crippen LogP contribution in [0.2, 0.25) is 0 Å². The van der Waals surface area contributed by atoms with E-state index in [1.54, 1.807) is 24.3 Å². The number of nitrogens with zero attached hydrogens (tertiary/aromatic N) is 1. The molecule has 2 aromatic carbocycles. The molecule has 2 aromatic rings. The highest BCUT2D eigenvalue weighted by Gasteiger charge is 2.37. The lowest BCUT2D eigenvalue weighted by molar-refractivity contribution is 0.0980. The van der Waals surface area contributed by atoms with E-state index in [-0.39, 0.29) is 24.0 Å². The van der Waals surface area contributed by atoms with Crippen LogP contribution in [0.5, 0.6) is 0 Å². The highest BCUT2D eigenvalue weighted by molar-refractivity contribution is 6.32. The summed E-state index contributed by atoms with van der Waals surface area (Å²) in [6.45, 7) is 0.205. The van der Waals surface area contributed by atoms with Crippen molar-refractivity contribution in [3.8, 4) is 0 Å². The van der Waals surface area contributed by atoms with Crippen LogP contribution in [0.1, 0.15) is 44.7 Å². The summed E-state index contributed by atoms with van der Waals surface area (Å²) in [5, 5.41) is 12.9. The number of benzene rings is 2. The number of fused-ring (bicyclic) bond motifs is 2. The Bertz CT molecular complexity index is 924. The summed E-state index contributed by atoms with van der Waals surface area (Å²) in [6.07, 6.45) is 1.44. The van der Waals surface area contributed by atoms with Gasteiger partial charge in [-0.1, -0.05) is 24.3 Å². The van der Waals surface area contributed by atoms with Crippen molar-refractivity contribution in [2.24, 2.45) is 0 Å². The SMILES string of the molecule is CN(c1ccc(NC[C@H](O)CCl)c2c1C(=O)c1ccccc1C2=O)C1CC1. The topological polar surface area (TPSA) is 69.6 Å². The van der Waals surface area contributed by atoms with E-state index in [9.17, 15) is 14.7 Å². The van der Waals surface area contributed by atoms with Crippen molar-refractivity contribution < 1.29 is 14.7 Å². The van der Waals surface area contributed by atoms with Crippen molar-refractivity contribution in [1.82, 2.24) is 0 Å². The Labute approximate surface area is 162 Å². The number of carbonyl (C=O) groups excluding carboxylic acids is 2. The molecule has 6 heteroatoms. The van der Waals surface area contributed by atoms with Crippen molar-refractivity contribution in [3.63, 3.8) is 0 Å². The van der Waals surface area contributed by atoms with E-state index >= 15 is 0 Å². The smallest absolute Gasteiger partial charge is 0.196 e. The maximum absolute atomic E-state index is 13.3. The van der Waals surface area contributed by atoms with Crippen LogP contribution >= 0.6 is 11.6 Å². The molecule has 0 saturated heterocycles. The monoisotopic (exact) mass is 384 g/mol. The molecule has 2 N–H and O–H groups in total. The molecule has 0 amide bonds. The molecule has 5 nitrogen and oxygen atoms in total. The zero-order valence-electron chi connectivity index (χ0n) is 15.0. The summed E-state index contributed by atoms with van der Waals surface area (Å²) in [5.74, 6) is -0.216. The van der Waals surface area contributed by atoms with Crippen LogP contribution in [0.25, 0.3) is 0 Å². The molecule has 4 rings (SSSR count). The van der Waals surface area contributed by atoms with Gasteiger partial charge in [0.25, 0.3) is 0 Å². The summed E-state index contributed by atoms with van der Waals surface area (Å²) in [6, 6.07) is 11.0. The third kappa shape index (κ3) is 3.11. The molecule has 27 heavy (non-hydrogen) atoms. The lowest BCUT2D eigenvalue weighted by atomic mass is 9.82. The quantitative estimate of drug-likeness (QED) is 0.639. The zero-order valence-corrected chi connectivity index (χ0v) is 15.8. The third-order valence-corrected chi connectivity index (χ3v) is 5.59. The molecule has 140 valence electrons. The number of aliphatic hydroxyl groups excluding tert-OH is 1. The minimum absolute atomic E-state index is 0.0907. The van der Waals surface area contributed by atoms with Gasteiger partial charge >= 0.3 is 0 Å². The first-order chi connectivity index (χ1) is 13.0. The van der Waals surface area contributed by atoms with E-state index in [1.807, 2.05) is 19.2 Å². The molecular formula is C21H21ClN2O3. The first-order valence-corrected chi connectivity index (χ1v) is 9.62. The van der Waals surface area contributed by atoms with Crippen molar-refractivity contribution in [1.29, 1.82) is 0 Å². The van der Waals surface area contributed by atoms with Gasteiger partial charge in [0.1, 0.15) is 0 Å². The van der Waals surface area contributed by atoms with Gasteiger partial charge in [0.05, 0.1) is 23.1 Å². The normalized spacial score (nSPS) is 16.6. The van der Waals surface area contributed by atoms with Crippen molar-refractivity contribution in [2.75, 3.05) is 29.7 Å². The van der Waals surface area contributed by atoms with Crippen LogP contribution in [-0.2, 0) is 0 Å². The van der Waals surface area contributed by atoms with E-state index in [2.05, 4.69) is 10.2 Å².